The molecule has 78 valence electrons. The molecule has 1 aromatic heterocycles. The lowest BCUT2D eigenvalue weighted by Gasteiger charge is -2.10. The fourth-order valence-electron chi connectivity index (χ4n) is 0.999. The molecule has 1 aromatic rings. The molecule has 5 heteroatoms. The number of hydrogen-bond acceptors (Lipinski definition) is 5. The standard InChI is InChI=1S/C9H16N4O/c1-2-8(14)6-12-7-3-4-11-9(5-7)13-10/h3-5,8,14H,2,6,10H2,1H3,(H2,11,12,13). The van der Waals surface area contributed by atoms with E-state index in [1.54, 1.807) is 12.3 Å². The molecule has 0 radical (unpaired) electrons. The quantitative estimate of drug-likeness (QED) is 0.408. The molecule has 0 saturated heterocycles. The highest BCUT2D eigenvalue weighted by Crippen LogP contribution is 2.10. The van der Waals surface area contributed by atoms with Gasteiger partial charge in [0.15, 0.2) is 0 Å². The van der Waals surface area contributed by atoms with Crippen LogP contribution in [0.3, 0.4) is 0 Å². The summed E-state index contributed by atoms with van der Waals surface area (Å²) in [5, 5.41) is 12.4. The number of aromatic nitrogens is 1. The molecule has 1 heterocycles. The summed E-state index contributed by atoms with van der Waals surface area (Å²) in [5.74, 6) is 5.81. The van der Waals surface area contributed by atoms with Crippen LogP contribution in [0.25, 0.3) is 0 Å². The Labute approximate surface area is 83.3 Å². The molecule has 0 aliphatic heterocycles. The van der Waals surface area contributed by atoms with E-state index in [9.17, 15) is 5.11 Å². The Hall–Kier alpha value is -1.33. The van der Waals surface area contributed by atoms with Gasteiger partial charge in [-0.2, -0.15) is 0 Å². The van der Waals surface area contributed by atoms with Crippen molar-refractivity contribution in [2.75, 3.05) is 17.3 Å². The summed E-state index contributed by atoms with van der Waals surface area (Å²) in [6.45, 7) is 2.47. The smallest absolute Gasteiger partial charge is 0.141 e. The average Bonchev–Trinajstić information content (AvgIpc) is 2.26. The van der Waals surface area contributed by atoms with Crippen molar-refractivity contribution < 1.29 is 5.11 Å². The summed E-state index contributed by atoms with van der Waals surface area (Å²) in [6, 6.07) is 3.60. The number of pyridine rings is 1. The zero-order valence-electron chi connectivity index (χ0n) is 8.20. The maximum atomic E-state index is 9.33. The number of nitrogen functional groups attached to an aromatic ring is 1. The zero-order valence-corrected chi connectivity index (χ0v) is 8.20. The van der Waals surface area contributed by atoms with E-state index >= 15 is 0 Å². The van der Waals surface area contributed by atoms with Gasteiger partial charge in [-0.15, -0.1) is 0 Å². The summed E-state index contributed by atoms with van der Waals surface area (Å²) in [5.41, 5.74) is 3.34. The predicted octanol–water partition coefficient (Wildman–Crippen LogP) is 0.550. The van der Waals surface area contributed by atoms with Crippen molar-refractivity contribution in [3.8, 4) is 0 Å². The molecule has 0 amide bonds. The summed E-state index contributed by atoms with van der Waals surface area (Å²) >= 11 is 0. The SMILES string of the molecule is CCC(O)CNc1ccnc(NN)c1. The largest absolute Gasteiger partial charge is 0.391 e. The third-order valence-electron chi connectivity index (χ3n) is 1.92. The third-order valence-corrected chi connectivity index (χ3v) is 1.92. The van der Waals surface area contributed by atoms with Crippen LogP contribution in [-0.2, 0) is 0 Å². The van der Waals surface area contributed by atoms with E-state index in [-0.39, 0.29) is 6.10 Å². The van der Waals surface area contributed by atoms with Gasteiger partial charge in [0, 0.05) is 24.5 Å². The van der Waals surface area contributed by atoms with E-state index < -0.39 is 0 Å². The summed E-state index contributed by atoms with van der Waals surface area (Å²) < 4.78 is 0. The molecule has 5 N–H and O–H groups in total. The number of nitrogens with zero attached hydrogens (tertiary/aromatic N) is 1. The number of aliphatic hydroxyl groups excluding tert-OH is 1. The number of hydrogen-bond donors (Lipinski definition) is 4. The lowest BCUT2D eigenvalue weighted by atomic mass is 10.2. The minimum atomic E-state index is -0.322. The number of hydrazine groups is 1. The van der Waals surface area contributed by atoms with Crippen molar-refractivity contribution in [1.82, 2.24) is 4.98 Å². The first kappa shape index (κ1) is 10.7. The highest BCUT2D eigenvalue weighted by Gasteiger charge is 2.00. The second-order valence-corrected chi connectivity index (χ2v) is 3.02. The summed E-state index contributed by atoms with van der Waals surface area (Å²) in [6.07, 6.45) is 2.06. The lowest BCUT2D eigenvalue weighted by Crippen LogP contribution is -2.18. The van der Waals surface area contributed by atoms with E-state index in [1.165, 1.54) is 0 Å². The molecule has 0 bridgehead atoms. The Kier molecular flexibility index (Phi) is 4.15. The molecule has 0 aromatic carbocycles. The van der Waals surface area contributed by atoms with Crippen LogP contribution in [0.1, 0.15) is 13.3 Å². The molecular weight excluding hydrogens is 180 g/mol. The highest BCUT2D eigenvalue weighted by atomic mass is 16.3. The van der Waals surface area contributed by atoms with Crippen molar-refractivity contribution in [3.05, 3.63) is 18.3 Å². The first-order valence-electron chi connectivity index (χ1n) is 4.61. The second-order valence-electron chi connectivity index (χ2n) is 3.02. The molecule has 1 unspecified atom stereocenters. The van der Waals surface area contributed by atoms with Crippen LogP contribution in [0, 0.1) is 0 Å². The van der Waals surface area contributed by atoms with Crippen LogP contribution in [-0.4, -0.2) is 22.7 Å². The van der Waals surface area contributed by atoms with Gasteiger partial charge in [0.05, 0.1) is 6.10 Å². The molecule has 1 atom stereocenters. The first-order chi connectivity index (χ1) is 6.76. The van der Waals surface area contributed by atoms with Gasteiger partial charge in [-0.1, -0.05) is 6.92 Å². The fraction of sp³-hybridized carbons (Fsp3) is 0.444. The van der Waals surface area contributed by atoms with Gasteiger partial charge >= 0.3 is 0 Å². The topological polar surface area (TPSA) is 83.2 Å². The van der Waals surface area contributed by atoms with Crippen molar-refractivity contribution in [3.63, 3.8) is 0 Å². The summed E-state index contributed by atoms with van der Waals surface area (Å²) in [7, 11) is 0. The second kappa shape index (κ2) is 5.41. The molecule has 0 fully saturated rings. The molecule has 0 aliphatic rings. The molecular formula is C9H16N4O. The lowest BCUT2D eigenvalue weighted by molar-refractivity contribution is 0.183. The third kappa shape index (κ3) is 3.20. The van der Waals surface area contributed by atoms with Crippen LogP contribution in [0.4, 0.5) is 11.5 Å². The maximum Gasteiger partial charge on any atom is 0.141 e. The van der Waals surface area contributed by atoms with E-state index in [4.69, 9.17) is 5.84 Å². The van der Waals surface area contributed by atoms with E-state index in [1.807, 2.05) is 13.0 Å². The Bertz CT molecular complexity index is 279. The van der Waals surface area contributed by atoms with Crippen LogP contribution >= 0.6 is 0 Å². The normalized spacial score (nSPS) is 12.2. The van der Waals surface area contributed by atoms with Gasteiger partial charge in [0.2, 0.25) is 0 Å². The number of anilines is 2. The molecule has 0 aliphatic carbocycles. The van der Waals surface area contributed by atoms with Gasteiger partial charge in [-0.3, -0.25) is 0 Å². The Morgan fingerprint density at radius 1 is 1.64 bits per heavy atom. The Morgan fingerprint density at radius 3 is 3.07 bits per heavy atom. The van der Waals surface area contributed by atoms with E-state index in [0.717, 1.165) is 12.1 Å². The number of nitrogens with one attached hydrogen (secondary N) is 2. The monoisotopic (exact) mass is 196 g/mol. The minimum absolute atomic E-state index is 0.322. The van der Waals surface area contributed by atoms with Gasteiger partial charge in [-0.25, -0.2) is 10.8 Å². The van der Waals surface area contributed by atoms with Crippen LogP contribution in [0.2, 0.25) is 0 Å². The van der Waals surface area contributed by atoms with Crippen molar-refractivity contribution >= 4 is 11.5 Å². The average molecular weight is 196 g/mol. The fourth-order valence-corrected chi connectivity index (χ4v) is 0.999. The molecule has 5 nitrogen and oxygen atoms in total. The van der Waals surface area contributed by atoms with Gasteiger partial charge in [-0.05, 0) is 12.5 Å². The predicted molar refractivity (Wildman–Crippen MR) is 56.8 cm³/mol. The summed E-state index contributed by atoms with van der Waals surface area (Å²) in [4.78, 5) is 3.97. The highest BCUT2D eigenvalue weighted by molar-refractivity contribution is 5.51. The van der Waals surface area contributed by atoms with Crippen LogP contribution in [0.5, 0.6) is 0 Å². The first-order valence-corrected chi connectivity index (χ1v) is 4.61. The molecule has 14 heavy (non-hydrogen) atoms. The zero-order chi connectivity index (χ0) is 10.4. The van der Waals surface area contributed by atoms with Crippen molar-refractivity contribution in [2.45, 2.75) is 19.4 Å². The Balaban J connectivity index is 2.50. The molecule has 1 rings (SSSR count). The van der Waals surface area contributed by atoms with E-state index in [2.05, 4.69) is 15.7 Å². The number of nitrogens with two attached hydrogens (primary N) is 1. The number of aliphatic hydroxyl groups is 1. The van der Waals surface area contributed by atoms with Crippen molar-refractivity contribution in [1.29, 1.82) is 0 Å². The van der Waals surface area contributed by atoms with E-state index in [0.29, 0.717) is 12.4 Å². The van der Waals surface area contributed by atoms with Gasteiger partial charge in [0.25, 0.3) is 0 Å². The van der Waals surface area contributed by atoms with Crippen LogP contribution < -0.4 is 16.6 Å². The number of rotatable bonds is 5. The van der Waals surface area contributed by atoms with Gasteiger partial charge in [0.1, 0.15) is 5.82 Å². The minimum Gasteiger partial charge on any atom is -0.391 e. The van der Waals surface area contributed by atoms with Gasteiger partial charge < -0.3 is 15.8 Å². The van der Waals surface area contributed by atoms with Crippen molar-refractivity contribution in [2.24, 2.45) is 5.84 Å². The molecule has 0 saturated carbocycles. The molecule has 0 spiro atoms. The maximum absolute atomic E-state index is 9.33. The Morgan fingerprint density at radius 2 is 2.43 bits per heavy atom. The van der Waals surface area contributed by atoms with Crippen LogP contribution in [0.15, 0.2) is 18.3 Å².